The molecule has 2 aromatic rings. The SMILES string of the molecule is BC(B)(B)OC[C@]12C[C@H]1[C@@](C)(c1cc(NC(=O)c3ncc(OCC#C)nc3C)cnc1F)N=C(N)S2. The molecule has 1 fully saturated rings. The van der Waals surface area contributed by atoms with Crippen molar-refractivity contribution in [3.8, 4) is 18.2 Å². The number of aromatic nitrogens is 3. The summed E-state index contributed by atoms with van der Waals surface area (Å²) in [5, 5.41) is 2.78. The number of pyridine rings is 1. The number of terminal acetylenes is 1. The third-order valence-corrected chi connectivity index (χ3v) is 7.46. The highest BCUT2D eigenvalue weighted by Crippen LogP contribution is 2.66. The Kier molecular flexibility index (Phi) is 6.83. The van der Waals surface area contributed by atoms with Crippen LogP contribution >= 0.6 is 11.8 Å². The van der Waals surface area contributed by atoms with Crippen molar-refractivity contribution in [3.05, 3.63) is 41.4 Å². The molecule has 0 unspecified atom stereocenters. The highest BCUT2D eigenvalue weighted by Gasteiger charge is 2.67. The molecule has 0 saturated heterocycles. The number of thioether (sulfide) groups is 1. The highest BCUT2D eigenvalue weighted by molar-refractivity contribution is 8.15. The number of hydrogen-bond acceptors (Lipinski definition) is 9. The van der Waals surface area contributed by atoms with Crippen molar-refractivity contribution in [2.45, 2.75) is 35.9 Å². The van der Waals surface area contributed by atoms with Crippen molar-refractivity contribution in [2.75, 3.05) is 18.5 Å². The van der Waals surface area contributed by atoms with E-state index in [1.165, 1.54) is 24.2 Å². The van der Waals surface area contributed by atoms with Crippen LogP contribution in [0.4, 0.5) is 10.1 Å². The number of hydrogen-bond donors (Lipinski definition) is 2. The predicted molar refractivity (Wildman–Crippen MR) is 145 cm³/mol. The molecule has 3 heterocycles. The molecule has 1 amide bonds. The van der Waals surface area contributed by atoms with E-state index in [1.54, 1.807) is 13.0 Å². The van der Waals surface area contributed by atoms with Gasteiger partial charge in [-0.3, -0.25) is 9.79 Å². The molecule has 0 spiro atoms. The Morgan fingerprint density at radius 1 is 1.42 bits per heavy atom. The zero-order valence-electron chi connectivity index (χ0n) is 20.9. The number of nitrogens with one attached hydrogen (secondary N) is 1. The number of anilines is 1. The summed E-state index contributed by atoms with van der Waals surface area (Å²) in [5.74, 6) is 1.37. The van der Waals surface area contributed by atoms with Crippen LogP contribution in [0.5, 0.6) is 5.88 Å². The van der Waals surface area contributed by atoms with Crippen molar-refractivity contribution in [3.63, 3.8) is 0 Å². The summed E-state index contributed by atoms with van der Waals surface area (Å²) in [7, 11) is 5.97. The summed E-state index contributed by atoms with van der Waals surface area (Å²) in [6, 6.07) is 1.55. The van der Waals surface area contributed by atoms with Crippen LogP contribution < -0.4 is 15.8 Å². The number of amidine groups is 1. The van der Waals surface area contributed by atoms with Gasteiger partial charge in [-0.1, -0.05) is 17.7 Å². The predicted octanol–water partition coefficient (Wildman–Crippen LogP) is -0.854. The highest BCUT2D eigenvalue weighted by atomic mass is 32.2. The second kappa shape index (κ2) is 9.44. The number of carbonyl (C=O) groups excluding carboxylic acids is 1. The second-order valence-corrected chi connectivity index (χ2v) is 11.5. The standard InChI is InChI=1S/C22H26B3FN6O3S/c1-4-5-34-15-9-28-16(11(2)30-15)18(33)31-12-6-13(17(26)29-8-12)20(3)14-7-21(14,36-19(27)32-20)10-35-22(23,24)25/h1,6,8-9,14H,5,7,10,23-25H2,2-3H3,(H2,27,32)(H,31,33)/t14-,20+,21+/m0/s1. The van der Waals surface area contributed by atoms with E-state index in [-0.39, 0.29) is 39.7 Å². The first-order valence-corrected chi connectivity index (χ1v) is 12.2. The average molecular weight is 506 g/mol. The van der Waals surface area contributed by atoms with Gasteiger partial charge in [0.25, 0.3) is 5.91 Å². The van der Waals surface area contributed by atoms with Crippen LogP contribution in [0.1, 0.15) is 35.1 Å². The first-order valence-electron chi connectivity index (χ1n) is 11.4. The van der Waals surface area contributed by atoms with E-state index < -0.39 is 17.4 Å². The number of aryl methyl sites for hydroxylation is 1. The summed E-state index contributed by atoms with van der Waals surface area (Å²) < 4.78 is 26.1. The van der Waals surface area contributed by atoms with Crippen molar-refractivity contribution in [2.24, 2.45) is 16.6 Å². The number of nitrogens with two attached hydrogens (primary N) is 1. The van der Waals surface area contributed by atoms with Gasteiger partial charge in [0.15, 0.2) is 11.8 Å². The van der Waals surface area contributed by atoms with E-state index >= 15 is 4.39 Å². The number of amides is 1. The van der Waals surface area contributed by atoms with Crippen LogP contribution in [0.2, 0.25) is 0 Å². The van der Waals surface area contributed by atoms with Crippen molar-refractivity contribution in [1.29, 1.82) is 0 Å². The van der Waals surface area contributed by atoms with Crippen LogP contribution in [0.3, 0.4) is 0 Å². The van der Waals surface area contributed by atoms with Gasteiger partial charge in [-0.05, 0) is 31.6 Å². The molecule has 0 bridgehead atoms. The molecule has 184 valence electrons. The Morgan fingerprint density at radius 3 is 2.83 bits per heavy atom. The maximum atomic E-state index is 15.1. The molecular weight excluding hydrogens is 480 g/mol. The molecule has 36 heavy (non-hydrogen) atoms. The number of carbonyl (C=O) groups is 1. The first kappa shape index (κ1) is 26.0. The van der Waals surface area contributed by atoms with E-state index in [0.717, 1.165) is 6.42 Å². The Balaban J connectivity index is 1.57. The Morgan fingerprint density at radius 2 is 2.17 bits per heavy atom. The fraction of sp³-hybridized carbons (Fsp3) is 0.409. The zero-order valence-corrected chi connectivity index (χ0v) is 21.7. The van der Waals surface area contributed by atoms with E-state index in [0.29, 0.717) is 23.2 Å². The molecule has 14 heteroatoms. The van der Waals surface area contributed by atoms with Gasteiger partial charge >= 0.3 is 0 Å². The smallest absolute Gasteiger partial charge is 0.276 e. The van der Waals surface area contributed by atoms with Gasteiger partial charge in [-0.25, -0.2) is 15.0 Å². The number of halogens is 1. The third-order valence-electron chi connectivity index (χ3n) is 6.19. The van der Waals surface area contributed by atoms with Crippen LogP contribution in [-0.4, -0.2) is 72.8 Å². The van der Waals surface area contributed by atoms with Crippen LogP contribution in [-0.2, 0) is 10.3 Å². The molecule has 0 radical (unpaired) electrons. The lowest BCUT2D eigenvalue weighted by atomic mass is 9.52. The third kappa shape index (κ3) is 5.22. The number of nitrogens with zero attached hydrogens (tertiary/aromatic N) is 4. The first-order chi connectivity index (χ1) is 16.9. The Hall–Kier alpha value is -3.04. The van der Waals surface area contributed by atoms with Gasteiger partial charge in [0, 0.05) is 11.5 Å². The fourth-order valence-electron chi connectivity index (χ4n) is 4.35. The lowest BCUT2D eigenvalue weighted by molar-refractivity contribution is 0.102. The summed E-state index contributed by atoms with van der Waals surface area (Å²) in [6.45, 7) is 3.99. The molecule has 1 aliphatic heterocycles. The fourth-order valence-corrected chi connectivity index (χ4v) is 5.75. The van der Waals surface area contributed by atoms with E-state index in [1.807, 2.05) is 30.5 Å². The van der Waals surface area contributed by atoms with Crippen molar-refractivity contribution < 1.29 is 18.7 Å². The Bertz CT molecular complexity index is 1290. The van der Waals surface area contributed by atoms with Gasteiger partial charge < -0.3 is 20.5 Å². The average Bonchev–Trinajstić information content (AvgIpc) is 3.53. The summed E-state index contributed by atoms with van der Waals surface area (Å²) in [4.78, 5) is 29.8. The second-order valence-electron chi connectivity index (χ2n) is 10.1. The molecule has 0 aromatic carbocycles. The minimum Gasteiger partial charge on any atom is -0.463 e. The van der Waals surface area contributed by atoms with Gasteiger partial charge in [0.05, 0.1) is 40.7 Å². The van der Waals surface area contributed by atoms with Gasteiger partial charge in [-0.15, -0.1) is 6.42 Å². The van der Waals surface area contributed by atoms with E-state index in [2.05, 4.69) is 31.2 Å². The molecule has 9 nitrogen and oxygen atoms in total. The van der Waals surface area contributed by atoms with Gasteiger partial charge in [0.1, 0.15) is 29.2 Å². The molecule has 1 saturated carbocycles. The van der Waals surface area contributed by atoms with Crippen LogP contribution in [0, 0.1) is 31.1 Å². The monoisotopic (exact) mass is 506 g/mol. The quantitative estimate of drug-likeness (QED) is 0.270. The lowest BCUT2D eigenvalue weighted by Crippen LogP contribution is -2.42. The zero-order chi connectivity index (χ0) is 26.3. The number of aliphatic imine (C=N–C) groups is 1. The molecule has 2 aromatic heterocycles. The van der Waals surface area contributed by atoms with Gasteiger partial charge in [-0.2, -0.15) is 4.39 Å². The van der Waals surface area contributed by atoms with Crippen molar-refractivity contribution in [1.82, 2.24) is 15.0 Å². The molecule has 3 N–H and O–H groups in total. The maximum absolute atomic E-state index is 15.1. The van der Waals surface area contributed by atoms with E-state index in [4.69, 9.17) is 21.6 Å². The largest absolute Gasteiger partial charge is 0.463 e. The molecule has 4 rings (SSSR count). The van der Waals surface area contributed by atoms with Gasteiger partial charge in [0.2, 0.25) is 11.8 Å². The lowest BCUT2D eigenvalue weighted by Gasteiger charge is -2.35. The minimum absolute atomic E-state index is 0.00410. The topological polar surface area (TPSA) is 125 Å². The van der Waals surface area contributed by atoms with Crippen LogP contribution in [0.25, 0.3) is 0 Å². The normalized spacial score (nSPS) is 24.7. The van der Waals surface area contributed by atoms with Crippen LogP contribution in [0.15, 0.2) is 23.5 Å². The van der Waals surface area contributed by atoms with E-state index in [9.17, 15) is 4.79 Å². The Labute approximate surface area is 216 Å². The molecule has 3 atom stereocenters. The number of rotatable bonds is 8. The molecular formula is C22H26B3FN6O3S. The minimum atomic E-state index is -0.958. The summed E-state index contributed by atoms with van der Waals surface area (Å²) in [5.41, 5.74) is 6.25. The molecule has 1 aliphatic carbocycles. The van der Waals surface area contributed by atoms with Crippen molar-refractivity contribution >= 4 is 52.1 Å². The maximum Gasteiger partial charge on any atom is 0.276 e. The number of ether oxygens (including phenoxy) is 2. The molecule has 2 aliphatic rings. The summed E-state index contributed by atoms with van der Waals surface area (Å²) in [6.07, 6.45) is 8.52. The summed E-state index contributed by atoms with van der Waals surface area (Å²) >= 11 is 1.48. The number of fused-ring (bicyclic) bond motifs is 1.